The molecule has 0 nitrogen and oxygen atoms in total. The molecule has 96 valence electrons. The third-order valence-corrected chi connectivity index (χ3v) is 3.27. The van der Waals surface area contributed by atoms with Crippen molar-refractivity contribution in [2.75, 3.05) is 0 Å². The fourth-order valence-electron chi connectivity index (χ4n) is 2.20. The molecule has 1 atom stereocenters. The molecule has 0 saturated heterocycles. The molecule has 0 aromatic heterocycles. The van der Waals surface area contributed by atoms with E-state index in [1.807, 2.05) is 38.1 Å². The van der Waals surface area contributed by atoms with Gasteiger partial charge in [-0.05, 0) is 30.4 Å². The van der Waals surface area contributed by atoms with Crippen molar-refractivity contribution in [2.24, 2.45) is 5.92 Å². The second-order valence-corrected chi connectivity index (χ2v) is 4.78. The Morgan fingerprint density at radius 2 is 1.67 bits per heavy atom. The third kappa shape index (κ3) is 2.66. The van der Waals surface area contributed by atoms with E-state index < -0.39 is 11.7 Å². The van der Waals surface area contributed by atoms with E-state index in [0.29, 0.717) is 0 Å². The summed E-state index contributed by atoms with van der Waals surface area (Å²) in [7, 11) is 0. The SMILES string of the molecule is Cc1ccc(C2=CC=C(C(F)(F)F)CC2C)cc1. The van der Waals surface area contributed by atoms with Crippen molar-refractivity contribution in [1.82, 2.24) is 0 Å². The largest absolute Gasteiger partial charge is 0.412 e. The first-order valence-electron chi connectivity index (χ1n) is 5.93. The van der Waals surface area contributed by atoms with Crippen molar-refractivity contribution in [3.63, 3.8) is 0 Å². The predicted octanol–water partition coefficient (Wildman–Crippen LogP) is 4.91. The molecule has 1 aromatic rings. The van der Waals surface area contributed by atoms with Crippen LogP contribution in [-0.4, -0.2) is 6.18 Å². The van der Waals surface area contributed by atoms with Crippen LogP contribution in [0.3, 0.4) is 0 Å². The van der Waals surface area contributed by atoms with Crippen LogP contribution in [0.25, 0.3) is 5.57 Å². The zero-order valence-corrected chi connectivity index (χ0v) is 10.4. The number of hydrogen-bond donors (Lipinski definition) is 0. The summed E-state index contributed by atoms with van der Waals surface area (Å²) in [5, 5.41) is 0. The fraction of sp³-hybridized carbons (Fsp3) is 0.333. The molecule has 1 unspecified atom stereocenters. The molecule has 3 heteroatoms. The molecule has 0 amide bonds. The number of benzene rings is 1. The van der Waals surface area contributed by atoms with Gasteiger partial charge in [-0.1, -0.05) is 48.9 Å². The maximum atomic E-state index is 12.6. The van der Waals surface area contributed by atoms with Gasteiger partial charge in [0.1, 0.15) is 0 Å². The van der Waals surface area contributed by atoms with E-state index in [0.717, 1.165) is 16.7 Å². The minimum absolute atomic E-state index is 0.0587. The maximum absolute atomic E-state index is 12.6. The van der Waals surface area contributed by atoms with Crippen LogP contribution in [0.4, 0.5) is 13.2 Å². The van der Waals surface area contributed by atoms with E-state index in [1.165, 1.54) is 6.08 Å². The lowest BCUT2D eigenvalue weighted by Gasteiger charge is -2.23. The quantitative estimate of drug-likeness (QED) is 0.666. The molecule has 1 aromatic carbocycles. The molecule has 0 heterocycles. The Labute approximate surface area is 105 Å². The number of hydrogen-bond acceptors (Lipinski definition) is 0. The monoisotopic (exact) mass is 252 g/mol. The van der Waals surface area contributed by atoms with Gasteiger partial charge in [0.2, 0.25) is 0 Å². The zero-order chi connectivity index (χ0) is 13.3. The van der Waals surface area contributed by atoms with E-state index in [4.69, 9.17) is 0 Å². The molecule has 0 N–H and O–H groups in total. The summed E-state index contributed by atoms with van der Waals surface area (Å²) < 4.78 is 37.8. The van der Waals surface area contributed by atoms with Gasteiger partial charge in [0, 0.05) is 5.57 Å². The van der Waals surface area contributed by atoms with Crippen LogP contribution >= 0.6 is 0 Å². The Balaban J connectivity index is 2.32. The number of alkyl halides is 3. The minimum Gasteiger partial charge on any atom is -0.166 e. The normalized spacial score (nSPS) is 20.4. The predicted molar refractivity (Wildman–Crippen MR) is 67.1 cm³/mol. The van der Waals surface area contributed by atoms with Crippen LogP contribution < -0.4 is 0 Å². The first-order chi connectivity index (χ1) is 8.38. The van der Waals surface area contributed by atoms with E-state index >= 15 is 0 Å². The Kier molecular flexibility index (Phi) is 3.33. The van der Waals surface area contributed by atoms with Crippen LogP contribution in [0.15, 0.2) is 42.0 Å². The molecule has 0 bridgehead atoms. The average molecular weight is 252 g/mol. The first kappa shape index (κ1) is 12.9. The van der Waals surface area contributed by atoms with Gasteiger partial charge in [-0.25, -0.2) is 0 Å². The summed E-state index contributed by atoms with van der Waals surface area (Å²) >= 11 is 0. The fourth-order valence-corrected chi connectivity index (χ4v) is 2.20. The molecule has 0 spiro atoms. The molecule has 0 fully saturated rings. The zero-order valence-electron chi connectivity index (χ0n) is 10.4. The van der Waals surface area contributed by atoms with Crippen molar-refractivity contribution < 1.29 is 13.2 Å². The minimum atomic E-state index is -4.20. The molecular formula is C15H15F3. The summed E-state index contributed by atoms with van der Waals surface area (Å²) in [5.41, 5.74) is 2.69. The molecular weight excluding hydrogens is 237 g/mol. The highest BCUT2D eigenvalue weighted by atomic mass is 19.4. The average Bonchev–Trinajstić information content (AvgIpc) is 2.29. The molecule has 2 rings (SSSR count). The Hall–Kier alpha value is -1.51. The van der Waals surface area contributed by atoms with Gasteiger partial charge >= 0.3 is 6.18 Å². The summed E-state index contributed by atoms with van der Waals surface area (Å²) in [6, 6.07) is 7.88. The van der Waals surface area contributed by atoms with Gasteiger partial charge in [0.05, 0.1) is 0 Å². The number of allylic oxidation sites excluding steroid dienone is 4. The van der Waals surface area contributed by atoms with Gasteiger partial charge in [-0.3, -0.25) is 0 Å². The molecule has 1 aliphatic carbocycles. The van der Waals surface area contributed by atoms with E-state index in [9.17, 15) is 13.2 Å². The summed E-state index contributed by atoms with van der Waals surface area (Å²) in [5.74, 6) is -0.102. The Bertz CT molecular complexity index is 489. The molecule has 0 aliphatic heterocycles. The molecule has 0 saturated carbocycles. The van der Waals surface area contributed by atoms with Crippen LogP contribution in [0, 0.1) is 12.8 Å². The third-order valence-electron chi connectivity index (χ3n) is 3.27. The van der Waals surface area contributed by atoms with Crippen molar-refractivity contribution in [1.29, 1.82) is 0 Å². The highest BCUT2D eigenvalue weighted by Gasteiger charge is 2.35. The summed E-state index contributed by atoms with van der Waals surface area (Å²) in [4.78, 5) is 0. The van der Waals surface area contributed by atoms with Crippen molar-refractivity contribution in [3.8, 4) is 0 Å². The van der Waals surface area contributed by atoms with Crippen LogP contribution in [0.5, 0.6) is 0 Å². The van der Waals surface area contributed by atoms with Crippen molar-refractivity contribution in [2.45, 2.75) is 26.4 Å². The number of rotatable bonds is 1. The maximum Gasteiger partial charge on any atom is 0.412 e. The lowest BCUT2D eigenvalue weighted by Crippen LogP contribution is -2.17. The highest BCUT2D eigenvalue weighted by Crippen LogP contribution is 2.38. The van der Waals surface area contributed by atoms with Crippen LogP contribution in [0.2, 0.25) is 0 Å². The summed E-state index contributed by atoms with van der Waals surface area (Å²) in [6.07, 6.45) is -1.34. The second-order valence-electron chi connectivity index (χ2n) is 4.78. The van der Waals surface area contributed by atoms with Gasteiger partial charge < -0.3 is 0 Å². The van der Waals surface area contributed by atoms with Crippen molar-refractivity contribution in [3.05, 3.63) is 53.1 Å². The first-order valence-corrected chi connectivity index (χ1v) is 5.93. The van der Waals surface area contributed by atoms with Gasteiger partial charge in [-0.15, -0.1) is 0 Å². The lowest BCUT2D eigenvalue weighted by molar-refractivity contribution is -0.0948. The van der Waals surface area contributed by atoms with E-state index in [2.05, 4.69) is 0 Å². The standard InChI is InChI=1S/C15H15F3/c1-10-3-5-12(6-4-10)14-8-7-13(9-11(14)2)15(16,17)18/h3-8,11H,9H2,1-2H3. The number of aryl methyl sites for hydroxylation is 1. The van der Waals surface area contributed by atoms with Crippen LogP contribution in [0.1, 0.15) is 24.5 Å². The Morgan fingerprint density at radius 3 is 2.17 bits per heavy atom. The highest BCUT2D eigenvalue weighted by molar-refractivity contribution is 5.70. The Morgan fingerprint density at radius 1 is 1.06 bits per heavy atom. The molecule has 18 heavy (non-hydrogen) atoms. The smallest absolute Gasteiger partial charge is 0.166 e. The van der Waals surface area contributed by atoms with E-state index in [-0.39, 0.29) is 12.3 Å². The summed E-state index contributed by atoms with van der Waals surface area (Å²) in [6.45, 7) is 3.83. The number of halogens is 3. The van der Waals surface area contributed by atoms with Gasteiger partial charge in [-0.2, -0.15) is 13.2 Å². The molecule has 0 radical (unpaired) electrons. The van der Waals surface area contributed by atoms with E-state index in [1.54, 1.807) is 6.08 Å². The van der Waals surface area contributed by atoms with Crippen LogP contribution in [-0.2, 0) is 0 Å². The van der Waals surface area contributed by atoms with Crippen molar-refractivity contribution >= 4 is 5.57 Å². The van der Waals surface area contributed by atoms with Gasteiger partial charge in [0.15, 0.2) is 0 Å². The lowest BCUT2D eigenvalue weighted by atomic mass is 9.84. The second kappa shape index (κ2) is 4.63. The van der Waals surface area contributed by atoms with Gasteiger partial charge in [0.25, 0.3) is 0 Å². The molecule has 1 aliphatic rings. The topological polar surface area (TPSA) is 0 Å².